The van der Waals surface area contributed by atoms with Gasteiger partial charge in [0.15, 0.2) is 0 Å². The van der Waals surface area contributed by atoms with Crippen LogP contribution in [-0.4, -0.2) is 41.1 Å². The van der Waals surface area contributed by atoms with Gasteiger partial charge in [0.1, 0.15) is 10.8 Å². The molecule has 5 heteroatoms. The van der Waals surface area contributed by atoms with Crippen LogP contribution in [0.1, 0.15) is 30.9 Å². The topological polar surface area (TPSA) is 54.2 Å². The third-order valence-electron chi connectivity index (χ3n) is 4.12. The van der Waals surface area contributed by atoms with Gasteiger partial charge in [-0.25, -0.2) is 4.98 Å². The molecule has 0 spiro atoms. The van der Waals surface area contributed by atoms with Crippen LogP contribution in [0.3, 0.4) is 0 Å². The molecule has 2 rings (SSSR count). The molecule has 0 aromatic carbocycles. The van der Waals surface area contributed by atoms with Gasteiger partial charge in [-0.05, 0) is 56.9 Å². The van der Waals surface area contributed by atoms with Crippen molar-refractivity contribution in [1.29, 1.82) is 0 Å². The van der Waals surface area contributed by atoms with E-state index in [0.29, 0.717) is 10.9 Å². The summed E-state index contributed by atoms with van der Waals surface area (Å²) in [6.45, 7) is 8.75. The van der Waals surface area contributed by atoms with E-state index >= 15 is 0 Å². The molecule has 0 amide bonds. The van der Waals surface area contributed by atoms with Gasteiger partial charge in [-0.2, -0.15) is 0 Å². The van der Waals surface area contributed by atoms with Crippen LogP contribution in [0, 0.1) is 12.8 Å². The molecule has 20 heavy (non-hydrogen) atoms. The van der Waals surface area contributed by atoms with Crippen LogP contribution in [0.25, 0.3) is 0 Å². The van der Waals surface area contributed by atoms with Gasteiger partial charge in [-0.15, -0.1) is 0 Å². The van der Waals surface area contributed by atoms with Crippen LogP contribution in [0.2, 0.25) is 0 Å². The van der Waals surface area contributed by atoms with Crippen LogP contribution in [0.5, 0.6) is 0 Å². The van der Waals surface area contributed by atoms with Crippen molar-refractivity contribution < 1.29 is 0 Å². The summed E-state index contributed by atoms with van der Waals surface area (Å²) in [5.41, 5.74) is 7.77. The predicted molar refractivity (Wildman–Crippen MR) is 88.2 cm³/mol. The van der Waals surface area contributed by atoms with Crippen molar-refractivity contribution in [3.8, 4) is 0 Å². The Bertz CT molecular complexity index is 467. The largest absolute Gasteiger partial charge is 0.389 e. The van der Waals surface area contributed by atoms with E-state index in [1.165, 1.54) is 25.9 Å². The van der Waals surface area contributed by atoms with Gasteiger partial charge < -0.3 is 16.0 Å². The number of nitrogens with one attached hydrogen (secondary N) is 1. The quantitative estimate of drug-likeness (QED) is 0.815. The Balaban J connectivity index is 1.95. The molecule has 1 saturated heterocycles. The molecule has 110 valence electrons. The van der Waals surface area contributed by atoms with Gasteiger partial charge in [0.05, 0.1) is 5.56 Å². The molecular formula is C15H24N4S. The fraction of sp³-hybridized carbons (Fsp3) is 0.600. The molecular weight excluding hydrogens is 268 g/mol. The summed E-state index contributed by atoms with van der Waals surface area (Å²) in [7, 11) is 0. The lowest BCUT2D eigenvalue weighted by molar-refractivity contribution is 0.198. The third kappa shape index (κ3) is 3.67. The Hall–Kier alpha value is -1.20. The van der Waals surface area contributed by atoms with Crippen LogP contribution >= 0.6 is 12.2 Å². The van der Waals surface area contributed by atoms with E-state index in [1.807, 2.05) is 13.0 Å². The number of aryl methyl sites for hydroxylation is 1. The van der Waals surface area contributed by atoms with E-state index < -0.39 is 0 Å². The first-order chi connectivity index (χ1) is 9.61. The van der Waals surface area contributed by atoms with Crippen molar-refractivity contribution in [3.05, 3.63) is 23.4 Å². The summed E-state index contributed by atoms with van der Waals surface area (Å²) < 4.78 is 0. The second kappa shape index (κ2) is 6.99. The maximum atomic E-state index is 5.81. The van der Waals surface area contributed by atoms with E-state index in [0.717, 1.165) is 30.0 Å². The maximum Gasteiger partial charge on any atom is 0.136 e. The zero-order valence-corrected chi connectivity index (χ0v) is 13.2. The zero-order valence-electron chi connectivity index (χ0n) is 12.4. The van der Waals surface area contributed by atoms with Crippen molar-refractivity contribution in [2.45, 2.75) is 26.7 Å². The highest BCUT2D eigenvalue weighted by Crippen LogP contribution is 2.20. The summed E-state index contributed by atoms with van der Waals surface area (Å²) in [5.74, 6) is 1.54. The average molecular weight is 292 g/mol. The molecule has 0 aliphatic carbocycles. The molecule has 0 bridgehead atoms. The SMILES string of the molecule is CCN1CCC(CNc2nccc(C)c2C(N)=S)CC1. The van der Waals surface area contributed by atoms with Crippen LogP contribution in [-0.2, 0) is 0 Å². The molecule has 1 aliphatic rings. The van der Waals surface area contributed by atoms with Gasteiger partial charge in [-0.1, -0.05) is 19.1 Å². The molecule has 4 nitrogen and oxygen atoms in total. The van der Waals surface area contributed by atoms with Crippen LogP contribution < -0.4 is 11.1 Å². The molecule has 1 aromatic rings. The van der Waals surface area contributed by atoms with Crippen LogP contribution in [0.15, 0.2) is 12.3 Å². The molecule has 0 atom stereocenters. The number of thiocarbonyl (C=S) groups is 1. The normalized spacial score (nSPS) is 17.1. The highest BCUT2D eigenvalue weighted by molar-refractivity contribution is 7.80. The van der Waals surface area contributed by atoms with Crippen molar-refractivity contribution in [2.75, 3.05) is 31.5 Å². The molecule has 2 heterocycles. The van der Waals surface area contributed by atoms with E-state index in [-0.39, 0.29) is 0 Å². The van der Waals surface area contributed by atoms with Gasteiger partial charge >= 0.3 is 0 Å². The number of hydrogen-bond donors (Lipinski definition) is 2. The first kappa shape index (κ1) is 15.2. The fourth-order valence-electron chi connectivity index (χ4n) is 2.75. The van der Waals surface area contributed by atoms with E-state index in [4.69, 9.17) is 18.0 Å². The van der Waals surface area contributed by atoms with E-state index in [9.17, 15) is 0 Å². The number of anilines is 1. The highest BCUT2D eigenvalue weighted by Gasteiger charge is 2.18. The van der Waals surface area contributed by atoms with Crippen molar-refractivity contribution in [2.24, 2.45) is 11.7 Å². The summed E-state index contributed by atoms with van der Waals surface area (Å²) in [6.07, 6.45) is 4.29. The van der Waals surface area contributed by atoms with Crippen molar-refractivity contribution in [3.63, 3.8) is 0 Å². The third-order valence-corrected chi connectivity index (χ3v) is 4.32. The number of rotatable bonds is 5. The predicted octanol–water partition coefficient (Wildman–Crippen LogP) is 2.17. The Labute approximate surface area is 126 Å². The Morgan fingerprint density at radius 1 is 1.50 bits per heavy atom. The van der Waals surface area contributed by atoms with E-state index in [2.05, 4.69) is 22.1 Å². The first-order valence-electron chi connectivity index (χ1n) is 7.33. The fourth-order valence-corrected chi connectivity index (χ4v) is 3.01. The molecule has 0 radical (unpaired) electrons. The molecule has 1 aliphatic heterocycles. The second-order valence-electron chi connectivity index (χ2n) is 5.47. The maximum absolute atomic E-state index is 5.81. The summed E-state index contributed by atoms with van der Waals surface area (Å²) in [4.78, 5) is 7.30. The average Bonchev–Trinajstić information content (AvgIpc) is 2.45. The smallest absolute Gasteiger partial charge is 0.136 e. The molecule has 1 aromatic heterocycles. The lowest BCUT2D eigenvalue weighted by Crippen LogP contribution is -2.35. The monoisotopic (exact) mass is 292 g/mol. The number of piperidine rings is 1. The molecule has 1 fully saturated rings. The van der Waals surface area contributed by atoms with Crippen molar-refractivity contribution >= 4 is 23.0 Å². The standard InChI is InChI=1S/C15H24N4S/c1-3-19-8-5-12(6-9-19)10-18-15-13(14(16)20)11(2)4-7-17-15/h4,7,12H,3,5-6,8-10H2,1-2H3,(H2,16,20)(H,17,18). The number of pyridine rings is 1. The van der Waals surface area contributed by atoms with Gasteiger partial charge in [0.25, 0.3) is 0 Å². The van der Waals surface area contributed by atoms with Gasteiger partial charge in [0.2, 0.25) is 0 Å². The zero-order chi connectivity index (χ0) is 14.5. The van der Waals surface area contributed by atoms with Crippen LogP contribution in [0.4, 0.5) is 5.82 Å². The lowest BCUT2D eigenvalue weighted by Gasteiger charge is -2.31. The number of hydrogen-bond acceptors (Lipinski definition) is 4. The second-order valence-corrected chi connectivity index (χ2v) is 5.91. The first-order valence-corrected chi connectivity index (χ1v) is 7.74. The number of nitrogens with zero attached hydrogens (tertiary/aromatic N) is 2. The number of nitrogens with two attached hydrogens (primary N) is 1. The molecule has 0 unspecified atom stereocenters. The molecule has 0 saturated carbocycles. The van der Waals surface area contributed by atoms with Gasteiger partial charge in [0, 0.05) is 12.7 Å². The summed E-state index contributed by atoms with van der Waals surface area (Å²) in [5, 5.41) is 3.44. The Morgan fingerprint density at radius 2 is 2.20 bits per heavy atom. The van der Waals surface area contributed by atoms with Crippen molar-refractivity contribution in [1.82, 2.24) is 9.88 Å². The van der Waals surface area contributed by atoms with E-state index in [1.54, 1.807) is 6.20 Å². The molecule has 3 N–H and O–H groups in total. The minimum absolute atomic E-state index is 0.416. The number of likely N-dealkylation sites (tertiary alicyclic amines) is 1. The highest BCUT2D eigenvalue weighted by atomic mass is 32.1. The Morgan fingerprint density at radius 3 is 2.80 bits per heavy atom. The summed E-state index contributed by atoms with van der Waals surface area (Å²) in [6, 6.07) is 1.94. The minimum atomic E-state index is 0.416. The van der Waals surface area contributed by atoms with Gasteiger partial charge in [-0.3, -0.25) is 0 Å². The summed E-state index contributed by atoms with van der Waals surface area (Å²) >= 11 is 5.13. The Kier molecular flexibility index (Phi) is 5.31. The number of aromatic nitrogens is 1. The lowest BCUT2D eigenvalue weighted by atomic mass is 9.96. The minimum Gasteiger partial charge on any atom is -0.389 e.